The highest BCUT2D eigenvalue weighted by Gasteiger charge is 2.03. The molecular formula is C12H16N4O2. The molecule has 0 unspecified atom stereocenters. The Bertz CT molecular complexity index is 450. The molecule has 0 saturated carbocycles. The second kappa shape index (κ2) is 6.58. The van der Waals surface area contributed by atoms with Crippen molar-refractivity contribution >= 4 is 5.91 Å². The highest BCUT2D eigenvalue weighted by Crippen LogP contribution is 2.03. The van der Waals surface area contributed by atoms with Gasteiger partial charge in [-0.25, -0.2) is 4.98 Å². The molecule has 0 aliphatic heterocycles. The number of carbonyl (C=O) groups is 1. The van der Waals surface area contributed by atoms with Crippen molar-refractivity contribution in [1.29, 1.82) is 0 Å². The van der Waals surface area contributed by atoms with E-state index in [1.165, 1.54) is 6.33 Å². The molecule has 2 aromatic heterocycles. The van der Waals surface area contributed by atoms with E-state index in [2.05, 4.69) is 20.5 Å². The second-order valence-corrected chi connectivity index (χ2v) is 3.97. The van der Waals surface area contributed by atoms with Crippen LogP contribution in [0.3, 0.4) is 0 Å². The minimum atomic E-state index is 0.0453. The van der Waals surface area contributed by atoms with Crippen LogP contribution in [0.1, 0.15) is 24.4 Å². The maximum Gasteiger partial charge on any atom is 0.220 e. The van der Waals surface area contributed by atoms with Crippen LogP contribution in [0.5, 0.6) is 0 Å². The summed E-state index contributed by atoms with van der Waals surface area (Å²) in [4.78, 5) is 15.5. The van der Waals surface area contributed by atoms with E-state index in [4.69, 9.17) is 4.42 Å². The SMILES string of the molecule is O=C(CCc1ccco1)NCCCc1ncn[nH]1. The molecule has 96 valence electrons. The Hall–Kier alpha value is -2.11. The quantitative estimate of drug-likeness (QED) is 0.718. The van der Waals surface area contributed by atoms with E-state index in [-0.39, 0.29) is 5.91 Å². The van der Waals surface area contributed by atoms with Gasteiger partial charge in [0.1, 0.15) is 17.9 Å². The number of aromatic amines is 1. The molecule has 2 heterocycles. The van der Waals surface area contributed by atoms with E-state index < -0.39 is 0 Å². The fraction of sp³-hybridized carbons (Fsp3) is 0.417. The van der Waals surface area contributed by atoms with Crippen LogP contribution in [0, 0.1) is 0 Å². The predicted octanol–water partition coefficient (Wildman–Crippen LogP) is 1.08. The Morgan fingerprint density at radius 3 is 3.11 bits per heavy atom. The number of nitrogens with one attached hydrogen (secondary N) is 2. The number of nitrogens with zero attached hydrogens (tertiary/aromatic N) is 2. The summed E-state index contributed by atoms with van der Waals surface area (Å²) in [5, 5.41) is 9.41. The lowest BCUT2D eigenvalue weighted by molar-refractivity contribution is -0.121. The minimum absolute atomic E-state index is 0.0453. The van der Waals surface area contributed by atoms with Gasteiger partial charge in [-0.1, -0.05) is 0 Å². The molecule has 2 aromatic rings. The summed E-state index contributed by atoms with van der Waals surface area (Å²) in [5.74, 6) is 1.73. The van der Waals surface area contributed by atoms with Gasteiger partial charge in [-0.15, -0.1) is 0 Å². The summed E-state index contributed by atoms with van der Waals surface area (Å²) < 4.78 is 5.16. The van der Waals surface area contributed by atoms with Gasteiger partial charge in [-0.2, -0.15) is 5.10 Å². The second-order valence-electron chi connectivity index (χ2n) is 3.97. The first-order valence-electron chi connectivity index (χ1n) is 5.98. The van der Waals surface area contributed by atoms with E-state index in [1.807, 2.05) is 12.1 Å². The lowest BCUT2D eigenvalue weighted by atomic mass is 10.2. The van der Waals surface area contributed by atoms with Crippen LogP contribution in [-0.2, 0) is 17.6 Å². The molecule has 0 radical (unpaired) electrons. The van der Waals surface area contributed by atoms with Gasteiger partial charge in [0.25, 0.3) is 0 Å². The topological polar surface area (TPSA) is 83.8 Å². The molecule has 0 aliphatic carbocycles. The molecular weight excluding hydrogens is 232 g/mol. The third kappa shape index (κ3) is 4.04. The van der Waals surface area contributed by atoms with Gasteiger partial charge in [-0.05, 0) is 18.6 Å². The Balaban J connectivity index is 1.55. The molecule has 1 amide bonds. The summed E-state index contributed by atoms with van der Waals surface area (Å²) >= 11 is 0. The van der Waals surface area contributed by atoms with Crippen molar-refractivity contribution in [2.45, 2.75) is 25.7 Å². The number of hydrogen-bond acceptors (Lipinski definition) is 4. The maximum absolute atomic E-state index is 11.5. The lowest BCUT2D eigenvalue weighted by Gasteiger charge is -2.03. The van der Waals surface area contributed by atoms with Crippen molar-refractivity contribution in [2.24, 2.45) is 0 Å². The summed E-state index contributed by atoms with van der Waals surface area (Å²) in [7, 11) is 0. The summed E-state index contributed by atoms with van der Waals surface area (Å²) in [6.45, 7) is 0.650. The molecule has 0 spiro atoms. The van der Waals surface area contributed by atoms with Gasteiger partial charge >= 0.3 is 0 Å². The van der Waals surface area contributed by atoms with Crippen molar-refractivity contribution in [2.75, 3.05) is 6.54 Å². The predicted molar refractivity (Wildman–Crippen MR) is 64.7 cm³/mol. The molecule has 2 rings (SSSR count). The number of H-pyrrole nitrogens is 1. The molecule has 0 aliphatic rings. The zero-order valence-corrected chi connectivity index (χ0v) is 10.1. The van der Waals surface area contributed by atoms with E-state index in [1.54, 1.807) is 6.26 Å². The fourth-order valence-corrected chi connectivity index (χ4v) is 1.61. The molecule has 0 saturated heterocycles. The van der Waals surface area contributed by atoms with Gasteiger partial charge < -0.3 is 9.73 Å². The Kier molecular flexibility index (Phi) is 4.52. The van der Waals surface area contributed by atoms with Crippen LogP contribution in [0.25, 0.3) is 0 Å². The largest absolute Gasteiger partial charge is 0.469 e. The van der Waals surface area contributed by atoms with E-state index in [0.29, 0.717) is 19.4 Å². The zero-order valence-electron chi connectivity index (χ0n) is 10.1. The summed E-state index contributed by atoms with van der Waals surface area (Å²) in [5.41, 5.74) is 0. The Morgan fingerprint density at radius 1 is 1.44 bits per heavy atom. The van der Waals surface area contributed by atoms with E-state index >= 15 is 0 Å². The average molecular weight is 248 g/mol. The van der Waals surface area contributed by atoms with Gasteiger partial charge in [0.15, 0.2) is 0 Å². The van der Waals surface area contributed by atoms with E-state index in [0.717, 1.165) is 24.4 Å². The average Bonchev–Trinajstić information content (AvgIpc) is 3.04. The number of carbonyl (C=O) groups excluding carboxylic acids is 1. The smallest absolute Gasteiger partial charge is 0.220 e. The van der Waals surface area contributed by atoms with Crippen LogP contribution in [-0.4, -0.2) is 27.6 Å². The number of hydrogen-bond donors (Lipinski definition) is 2. The van der Waals surface area contributed by atoms with Crippen molar-refractivity contribution in [3.8, 4) is 0 Å². The fourth-order valence-electron chi connectivity index (χ4n) is 1.61. The maximum atomic E-state index is 11.5. The minimum Gasteiger partial charge on any atom is -0.469 e. The van der Waals surface area contributed by atoms with Gasteiger partial charge in [0.05, 0.1) is 6.26 Å². The first-order valence-corrected chi connectivity index (χ1v) is 5.98. The number of amides is 1. The molecule has 0 fully saturated rings. The summed E-state index contributed by atoms with van der Waals surface area (Å²) in [6.07, 6.45) is 5.83. The highest BCUT2D eigenvalue weighted by molar-refractivity contribution is 5.75. The third-order valence-corrected chi connectivity index (χ3v) is 2.56. The molecule has 6 nitrogen and oxygen atoms in total. The van der Waals surface area contributed by atoms with Gasteiger partial charge in [0, 0.05) is 25.8 Å². The first kappa shape index (κ1) is 12.3. The number of aryl methyl sites for hydroxylation is 2. The standard InChI is InChI=1S/C12H16N4O2/c17-12(6-5-10-3-2-8-18-10)13-7-1-4-11-14-9-15-16-11/h2-3,8-9H,1,4-7H2,(H,13,17)(H,14,15,16). The zero-order chi connectivity index (χ0) is 12.6. The van der Waals surface area contributed by atoms with Gasteiger partial charge in [0.2, 0.25) is 5.91 Å². The summed E-state index contributed by atoms with van der Waals surface area (Å²) in [6, 6.07) is 3.70. The van der Waals surface area contributed by atoms with Crippen molar-refractivity contribution in [3.05, 3.63) is 36.3 Å². The van der Waals surface area contributed by atoms with Crippen molar-refractivity contribution in [3.63, 3.8) is 0 Å². The number of aromatic nitrogens is 3. The lowest BCUT2D eigenvalue weighted by Crippen LogP contribution is -2.25. The molecule has 0 atom stereocenters. The molecule has 0 bridgehead atoms. The van der Waals surface area contributed by atoms with Crippen LogP contribution in [0.15, 0.2) is 29.1 Å². The van der Waals surface area contributed by atoms with Crippen LogP contribution in [0.2, 0.25) is 0 Å². The number of rotatable bonds is 7. The first-order chi connectivity index (χ1) is 8.84. The molecule has 6 heteroatoms. The van der Waals surface area contributed by atoms with Crippen LogP contribution in [0.4, 0.5) is 0 Å². The third-order valence-electron chi connectivity index (χ3n) is 2.56. The van der Waals surface area contributed by atoms with Gasteiger partial charge in [-0.3, -0.25) is 9.89 Å². The molecule has 0 aromatic carbocycles. The van der Waals surface area contributed by atoms with Crippen molar-refractivity contribution < 1.29 is 9.21 Å². The van der Waals surface area contributed by atoms with Crippen molar-refractivity contribution in [1.82, 2.24) is 20.5 Å². The monoisotopic (exact) mass is 248 g/mol. The van der Waals surface area contributed by atoms with Crippen LogP contribution >= 0.6 is 0 Å². The van der Waals surface area contributed by atoms with E-state index in [9.17, 15) is 4.79 Å². The van der Waals surface area contributed by atoms with Crippen LogP contribution < -0.4 is 5.32 Å². The molecule has 18 heavy (non-hydrogen) atoms. The Morgan fingerprint density at radius 2 is 2.39 bits per heavy atom. The molecule has 2 N–H and O–H groups in total. The Labute approximate surface area is 105 Å². The normalized spacial score (nSPS) is 10.4. The number of furan rings is 1. The highest BCUT2D eigenvalue weighted by atomic mass is 16.3.